The first kappa shape index (κ1) is 9.74. The average Bonchev–Trinajstić information content (AvgIpc) is 1.98. The van der Waals surface area contributed by atoms with E-state index in [2.05, 4.69) is 32.9 Å². The Kier molecular flexibility index (Phi) is 6.68. The van der Waals surface area contributed by atoms with E-state index in [1.165, 1.54) is 19.3 Å². The summed E-state index contributed by atoms with van der Waals surface area (Å²) in [5, 5.41) is 0. The molecule has 0 nitrogen and oxygen atoms in total. The Hall–Kier alpha value is -0.260. The minimum absolute atomic E-state index is 0.793. The Balaban J connectivity index is 3.10. The van der Waals surface area contributed by atoms with Crippen LogP contribution < -0.4 is 0 Å². The Labute approximate surface area is 65.3 Å². The largest absolute Gasteiger partial charge is 0.0888 e. The van der Waals surface area contributed by atoms with Crippen molar-refractivity contribution in [1.82, 2.24) is 0 Å². The fourth-order valence-electron chi connectivity index (χ4n) is 0.810. The Bertz CT molecular complexity index is 82.0. The molecule has 1 atom stereocenters. The van der Waals surface area contributed by atoms with E-state index in [1.54, 1.807) is 0 Å². The van der Waals surface area contributed by atoms with E-state index in [-0.39, 0.29) is 0 Å². The first-order valence-corrected chi connectivity index (χ1v) is 4.25. The van der Waals surface area contributed by atoms with Crippen LogP contribution in [0, 0.1) is 12.8 Å². The molecule has 10 heavy (non-hydrogen) atoms. The number of hydrogen-bond donors (Lipinski definition) is 0. The van der Waals surface area contributed by atoms with Crippen molar-refractivity contribution in [3.05, 3.63) is 19.1 Å². The van der Waals surface area contributed by atoms with Crippen molar-refractivity contribution in [2.75, 3.05) is 0 Å². The van der Waals surface area contributed by atoms with Crippen LogP contribution in [0.3, 0.4) is 0 Å². The van der Waals surface area contributed by atoms with Gasteiger partial charge in [0.25, 0.3) is 0 Å². The Morgan fingerprint density at radius 3 is 2.60 bits per heavy atom. The van der Waals surface area contributed by atoms with Crippen LogP contribution in [-0.4, -0.2) is 0 Å². The lowest BCUT2D eigenvalue weighted by Crippen LogP contribution is -1.89. The highest BCUT2D eigenvalue weighted by Crippen LogP contribution is 2.08. The molecule has 0 heteroatoms. The van der Waals surface area contributed by atoms with E-state index >= 15 is 0 Å². The SMILES string of the molecule is [CH2]CC(C)CCC=CCC. The molecule has 0 rings (SSSR count). The predicted octanol–water partition coefficient (Wildman–Crippen LogP) is 3.59. The molecule has 0 saturated heterocycles. The molecule has 0 amide bonds. The highest BCUT2D eigenvalue weighted by Gasteiger charge is 1.94. The molecule has 0 aromatic heterocycles. The van der Waals surface area contributed by atoms with Gasteiger partial charge in [-0.3, -0.25) is 0 Å². The lowest BCUT2D eigenvalue weighted by atomic mass is 10.0. The second-order valence-electron chi connectivity index (χ2n) is 2.85. The molecule has 0 aliphatic heterocycles. The maximum atomic E-state index is 3.86. The summed E-state index contributed by atoms with van der Waals surface area (Å²) in [5.41, 5.74) is 0. The van der Waals surface area contributed by atoms with Crippen LogP contribution in [-0.2, 0) is 0 Å². The predicted molar refractivity (Wildman–Crippen MR) is 47.8 cm³/mol. The zero-order valence-electron chi connectivity index (χ0n) is 7.27. The summed E-state index contributed by atoms with van der Waals surface area (Å²) in [7, 11) is 0. The zero-order valence-corrected chi connectivity index (χ0v) is 7.27. The maximum absolute atomic E-state index is 3.86. The molecule has 0 fully saturated rings. The van der Waals surface area contributed by atoms with Crippen LogP contribution in [0.25, 0.3) is 0 Å². The van der Waals surface area contributed by atoms with Gasteiger partial charge in [-0.15, -0.1) is 0 Å². The molecule has 1 radical (unpaired) electrons. The van der Waals surface area contributed by atoms with E-state index in [0.717, 1.165) is 12.3 Å². The Morgan fingerprint density at radius 2 is 2.10 bits per heavy atom. The van der Waals surface area contributed by atoms with Gasteiger partial charge < -0.3 is 0 Å². The van der Waals surface area contributed by atoms with Gasteiger partial charge in [0.05, 0.1) is 0 Å². The quantitative estimate of drug-likeness (QED) is 0.510. The van der Waals surface area contributed by atoms with E-state index in [9.17, 15) is 0 Å². The van der Waals surface area contributed by atoms with Gasteiger partial charge in [-0.25, -0.2) is 0 Å². The summed E-state index contributed by atoms with van der Waals surface area (Å²) in [6.07, 6.45) is 9.26. The second-order valence-corrected chi connectivity index (χ2v) is 2.85. The highest BCUT2D eigenvalue weighted by molar-refractivity contribution is 4.80. The molecule has 0 aliphatic carbocycles. The summed E-state index contributed by atoms with van der Waals surface area (Å²) in [6.45, 7) is 8.29. The minimum atomic E-state index is 0.793. The highest BCUT2D eigenvalue weighted by atomic mass is 14.0. The molecule has 0 spiro atoms. The van der Waals surface area contributed by atoms with Gasteiger partial charge in [-0.05, 0) is 25.2 Å². The lowest BCUT2D eigenvalue weighted by Gasteiger charge is -2.03. The van der Waals surface area contributed by atoms with Gasteiger partial charge in [0.1, 0.15) is 0 Å². The van der Waals surface area contributed by atoms with Crippen molar-refractivity contribution in [3.8, 4) is 0 Å². The molecule has 0 N–H and O–H groups in total. The van der Waals surface area contributed by atoms with E-state index in [0.29, 0.717) is 0 Å². The van der Waals surface area contributed by atoms with Crippen LogP contribution >= 0.6 is 0 Å². The van der Waals surface area contributed by atoms with Crippen LogP contribution in [0.4, 0.5) is 0 Å². The lowest BCUT2D eigenvalue weighted by molar-refractivity contribution is 0.544. The Morgan fingerprint density at radius 1 is 1.40 bits per heavy atom. The van der Waals surface area contributed by atoms with E-state index in [4.69, 9.17) is 0 Å². The summed E-state index contributed by atoms with van der Waals surface area (Å²) in [5.74, 6) is 0.793. The molecule has 0 bridgehead atoms. The topological polar surface area (TPSA) is 0 Å². The van der Waals surface area contributed by atoms with Gasteiger partial charge in [-0.1, -0.05) is 39.3 Å². The number of rotatable bonds is 5. The second kappa shape index (κ2) is 6.85. The fourth-order valence-corrected chi connectivity index (χ4v) is 0.810. The van der Waals surface area contributed by atoms with Crippen molar-refractivity contribution >= 4 is 0 Å². The molecular formula is C10H19. The number of allylic oxidation sites excluding steroid dienone is 2. The maximum Gasteiger partial charge on any atom is -0.0348 e. The zero-order chi connectivity index (χ0) is 7.82. The van der Waals surface area contributed by atoms with Gasteiger partial charge in [0.15, 0.2) is 0 Å². The van der Waals surface area contributed by atoms with Gasteiger partial charge in [-0.2, -0.15) is 0 Å². The number of hydrogen-bond acceptors (Lipinski definition) is 0. The van der Waals surface area contributed by atoms with E-state index in [1.807, 2.05) is 0 Å². The summed E-state index contributed by atoms with van der Waals surface area (Å²) in [4.78, 5) is 0. The van der Waals surface area contributed by atoms with Crippen LogP contribution in [0.5, 0.6) is 0 Å². The fraction of sp³-hybridized carbons (Fsp3) is 0.700. The normalized spacial score (nSPS) is 14.3. The average molecular weight is 139 g/mol. The molecule has 0 aromatic rings. The third-order valence-electron chi connectivity index (χ3n) is 1.72. The molecule has 0 saturated carbocycles. The van der Waals surface area contributed by atoms with Crippen LogP contribution in [0.1, 0.15) is 39.5 Å². The van der Waals surface area contributed by atoms with Gasteiger partial charge in [0.2, 0.25) is 0 Å². The third-order valence-corrected chi connectivity index (χ3v) is 1.72. The van der Waals surface area contributed by atoms with Crippen LogP contribution in [0.15, 0.2) is 12.2 Å². The summed E-state index contributed by atoms with van der Waals surface area (Å²) in [6, 6.07) is 0. The monoisotopic (exact) mass is 139 g/mol. The molecule has 0 aromatic carbocycles. The first-order chi connectivity index (χ1) is 4.81. The summed E-state index contributed by atoms with van der Waals surface area (Å²) >= 11 is 0. The summed E-state index contributed by atoms with van der Waals surface area (Å²) < 4.78 is 0. The van der Waals surface area contributed by atoms with Crippen molar-refractivity contribution in [2.45, 2.75) is 39.5 Å². The molecular weight excluding hydrogens is 120 g/mol. The van der Waals surface area contributed by atoms with Crippen LogP contribution in [0.2, 0.25) is 0 Å². The third kappa shape index (κ3) is 5.87. The van der Waals surface area contributed by atoms with Gasteiger partial charge in [0, 0.05) is 0 Å². The molecule has 0 aliphatic rings. The molecule has 59 valence electrons. The van der Waals surface area contributed by atoms with Crippen molar-refractivity contribution in [3.63, 3.8) is 0 Å². The standard InChI is InChI=1S/C10H19/c1-4-6-7-8-9-10(3)5-2/h6-7,10H,2,4-5,8-9H2,1,3H3. The molecule has 1 unspecified atom stereocenters. The van der Waals surface area contributed by atoms with Crippen molar-refractivity contribution in [2.24, 2.45) is 5.92 Å². The van der Waals surface area contributed by atoms with Gasteiger partial charge >= 0.3 is 0 Å². The van der Waals surface area contributed by atoms with Crippen molar-refractivity contribution in [1.29, 1.82) is 0 Å². The van der Waals surface area contributed by atoms with E-state index < -0.39 is 0 Å². The van der Waals surface area contributed by atoms with Crippen molar-refractivity contribution < 1.29 is 0 Å². The molecule has 0 heterocycles. The first-order valence-electron chi connectivity index (χ1n) is 4.25. The minimum Gasteiger partial charge on any atom is -0.0888 e. The smallest absolute Gasteiger partial charge is 0.0348 e.